The van der Waals surface area contributed by atoms with Crippen LogP contribution >= 0.6 is 15.9 Å². The maximum Gasteiger partial charge on any atom is 0.0702 e. The highest BCUT2D eigenvalue weighted by Crippen LogP contribution is 2.47. The molecule has 0 aliphatic heterocycles. The Bertz CT molecular complexity index is 797. The van der Waals surface area contributed by atoms with E-state index in [1.807, 2.05) is 18.3 Å². The minimum absolute atomic E-state index is 0.209. The van der Waals surface area contributed by atoms with Crippen molar-refractivity contribution in [2.45, 2.75) is 58.3 Å². The Labute approximate surface area is 154 Å². The fourth-order valence-electron chi connectivity index (χ4n) is 3.74. The number of benzene rings is 1. The Morgan fingerprint density at radius 3 is 2.17 bits per heavy atom. The number of fused-ring (bicyclic) bond motifs is 1. The summed E-state index contributed by atoms with van der Waals surface area (Å²) in [4.78, 5) is 4.53. The van der Waals surface area contributed by atoms with Gasteiger partial charge in [-0.15, -0.1) is 0 Å². The van der Waals surface area contributed by atoms with Crippen molar-refractivity contribution in [3.05, 3.63) is 69.5 Å². The fourth-order valence-corrected chi connectivity index (χ4v) is 3.97. The van der Waals surface area contributed by atoms with Gasteiger partial charge < -0.3 is 0 Å². The van der Waals surface area contributed by atoms with Gasteiger partial charge in [-0.2, -0.15) is 0 Å². The summed E-state index contributed by atoms with van der Waals surface area (Å²) in [5.74, 6) is 0. The van der Waals surface area contributed by atoms with Crippen LogP contribution in [0.25, 0.3) is 5.57 Å². The van der Waals surface area contributed by atoms with Crippen LogP contribution in [0, 0.1) is 6.92 Å². The molecule has 0 unspecified atom stereocenters. The first kappa shape index (κ1) is 17.4. The van der Waals surface area contributed by atoms with Gasteiger partial charge in [0.1, 0.15) is 0 Å². The van der Waals surface area contributed by atoms with Crippen LogP contribution in [-0.2, 0) is 10.8 Å². The molecule has 1 aliphatic carbocycles. The number of hydrogen-bond acceptors (Lipinski definition) is 1. The second-order valence-electron chi connectivity index (χ2n) is 8.32. The smallest absolute Gasteiger partial charge is 0.0702 e. The van der Waals surface area contributed by atoms with Crippen LogP contribution in [0.15, 0.2) is 41.5 Å². The number of aromatic nitrogens is 1. The number of aryl methyl sites for hydroxylation is 1. The maximum atomic E-state index is 4.53. The molecule has 0 spiro atoms. The van der Waals surface area contributed by atoms with Gasteiger partial charge in [0, 0.05) is 16.2 Å². The van der Waals surface area contributed by atoms with Crippen molar-refractivity contribution >= 4 is 21.5 Å². The number of rotatable bonds is 2. The lowest BCUT2D eigenvalue weighted by molar-refractivity contribution is 0.331. The molecule has 126 valence electrons. The van der Waals surface area contributed by atoms with E-state index in [1.165, 1.54) is 35.1 Å². The molecule has 0 amide bonds. The first-order valence-electron chi connectivity index (χ1n) is 8.59. The minimum atomic E-state index is 0.209. The molecular formula is C22H26BrN. The largest absolute Gasteiger partial charge is 0.255 e. The third-order valence-electron chi connectivity index (χ3n) is 5.56. The van der Waals surface area contributed by atoms with E-state index >= 15 is 0 Å². The van der Waals surface area contributed by atoms with Gasteiger partial charge in [0.2, 0.25) is 0 Å². The Hall–Kier alpha value is -1.41. The van der Waals surface area contributed by atoms with Crippen molar-refractivity contribution in [2.24, 2.45) is 0 Å². The molecular weight excluding hydrogens is 358 g/mol. The van der Waals surface area contributed by atoms with Crippen LogP contribution < -0.4 is 0 Å². The van der Waals surface area contributed by atoms with Gasteiger partial charge >= 0.3 is 0 Å². The van der Waals surface area contributed by atoms with Crippen molar-refractivity contribution in [3.63, 3.8) is 0 Å². The highest BCUT2D eigenvalue weighted by molar-refractivity contribution is 9.10. The molecule has 2 heteroatoms. The third kappa shape index (κ3) is 2.97. The summed E-state index contributed by atoms with van der Waals surface area (Å²) in [6, 6.07) is 8.81. The molecule has 1 aliphatic rings. The third-order valence-corrected chi connectivity index (χ3v) is 6.03. The highest BCUT2D eigenvalue weighted by atomic mass is 79.9. The second kappa shape index (κ2) is 5.84. The van der Waals surface area contributed by atoms with Gasteiger partial charge in [0.25, 0.3) is 0 Å². The van der Waals surface area contributed by atoms with E-state index in [0.717, 1.165) is 15.7 Å². The topological polar surface area (TPSA) is 12.9 Å². The van der Waals surface area contributed by atoms with Crippen molar-refractivity contribution < 1.29 is 0 Å². The maximum absolute atomic E-state index is 4.53. The fraction of sp³-hybridized carbons (Fsp3) is 0.409. The molecule has 0 bridgehead atoms. The molecule has 0 saturated heterocycles. The number of nitrogens with zero attached hydrogens (tertiary/aromatic N) is 1. The molecule has 1 heterocycles. The summed E-state index contributed by atoms with van der Waals surface area (Å²) in [6.45, 7) is 16.0. The van der Waals surface area contributed by atoms with Gasteiger partial charge in [-0.25, -0.2) is 0 Å². The normalized spacial score (nSPS) is 18.1. The minimum Gasteiger partial charge on any atom is -0.255 e. The first-order valence-corrected chi connectivity index (χ1v) is 9.38. The van der Waals surface area contributed by atoms with Gasteiger partial charge in [0.05, 0.1) is 5.69 Å². The average Bonchev–Trinajstić information content (AvgIpc) is 2.52. The van der Waals surface area contributed by atoms with Crippen molar-refractivity contribution in [1.29, 1.82) is 0 Å². The molecule has 1 aromatic heterocycles. The highest BCUT2D eigenvalue weighted by Gasteiger charge is 2.37. The summed E-state index contributed by atoms with van der Waals surface area (Å²) < 4.78 is 0.990. The molecule has 0 saturated carbocycles. The summed E-state index contributed by atoms with van der Waals surface area (Å²) in [6.07, 6.45) is 4.29. The van der Waals surface area contributed by atoms with Crippen LogP contribution in [0.5, 0.6) is 0 Å². The predicted octanol–water partition coefficient (Wildman–Crippen LogP) is 6.56. The van der Waals surface area contributed by atoms with Gasteiger partial charge in [-0.05, 0) is 87.0 Å². The van der Waals surface area contributed by atoms with Gasteiger partial charge in [-0.1, -0.05) is 40.3 Å². The summed E-state index contributed by atoms with van der Waals surface area (Å²) >= 11 is 3.45. The monoisotopic (exact) mass is 383 g/mol. The van der Waals surface area contributed by atoms with Gasteiger partial charge in [0.15, 0.2) is 0 Å². The molecule has 0 radical (unpaired) electrons. The van der Waals surface area contributed by atoms with Crippen LogP contribution in [0.4, 0.5) is 0 Å². The Balaban J connectivity index is 2.14. The average molecular weight is 384 g/mol. The first-order chi connectivity index (χ1) is 11.1. The van der Waals surface area contributed by atoms with Crippen molar-refractivity contribution in [1.82, 2.24) is 4.98 Å². The van der Waals surface area contributed by atoms with E-state index in [4.69, 9.17) is 0 Å². The zero-order chi connectivity index (χ0) is 17.7. The van der Waals surface area contributed by atoms with E-state index < -0.39 is 0 Å². The zero-order valence-electron chi connectivity index (χ0n) is 15.3. The summed E-state index contributed by atoms with van der Waals surface area (Å²) in [7, 11) is 0. The lowest BCUT2D eigenvalue weighted by Crippen LogP contribution is -2.34. The Kier molecular flexibility index (Phi) is 4.24. The molecule has 0 N–H and O–H groups in total. The molecule has 0 atom stereocenters. The lowest BCUT2D eigenvalue weighted by atomic mass is 9.62. The molecule has 2 aromatic rings. The molecule has 1 nitrogen and oxygen atoms in total. The van der Waals surface area contributed by atoms with Gasteiger partial charge in [-0.3, -0.25) is 4.98 Å². The van der Waals surface area contributed by atoms with Crippen LogP contribution in [0.1, 0.15) is 68.5 Å². The van der Waals surface area contributed by atoms with E-state index in [-0.39, 0.29) is 10.8 Å². The zero-order valence-corrected chi connectivity index (χ0v) is 16.9. The van der Waals surface area contributed by atoms with Crippen LogP contribution in [0.3, 0.4) is 0 Å². The quantitative estimate of drug-likeness (QED) is 0.571. The van der Waals surface area contributed by atoms with E-state index in [0.29, 0.717) is 0 Å². The summed E-state index contributed by atoms with van der Waals surface area (Å²) in [5, 5.41) is 0. The standard InChI is InChI=1S/C22H26BrN/c1-14-11-18-19(22(5,6)10-9-21(18,3)4)12-17(14)15(2)20-8-7-16(23)13-24-20/h7-8,11-13H,2,9-10H2,1,3-6H3. The lowest BCUT2D eigenvalue weighted by Gasteiger charge is -2.42. The molecule has 3 rings (SSSR count). The van der Waals surface area contributed by atoms with Crippen molar-refractivity contribution in [2.75, 3.05) is 0 Å². The van der Waals surface area contributed by atoms with Crippen molar-refractivity contribution in [3.8, 4) is 0 Å². The number of pyridine rings is 1. The SMILES string of the molecule is C=C(c1ccc(Br)cn1)c1cc2c(cc1C)C(C)(C)CCC2(C)C. The molecule has 1 aromatic carbocycles. The van der Waals surface area contributed by atoms with Crippen LogP contribution in [-0.4, -0.2) is 4.98 Å². The predicted molar refractivity (Wildman–Crippen MR) is 107 cm³/mol. The Morgan fingerprint density at radius 2 is 1.62 bits per heavy atom. The number of hydrogen-bond donors (Lipinski definition) is 0. The molecule has 0 fully saturated rings. The van der Waals surface area contributed by atoms with E-state index in [2.05, 4.69) is 74.2 Å². The molecule has 24 heavy (non-hydrogen) atoms. The van der Waals surface area contributed by atoms with E-state index in [9.17, 15) is 0 Å². The summed E-state index contributed by atoms with van der Waals surface area (Å²) in [5.41, 5.74) is 7.86. The second-order valence-corrected chi connectivity index (χ2v) is 9.24. The van der Waals surface area contributed by atoms with Crippen LogP contribution in [0.2, 0.25) is 0 Å². The number of halogens is 1. The van der Waals surface area contributed by atoms with E-state index in [1.54, 1.807) is 0 Å². The Morgan fingerprint density at radius 1 is 1.04 bits per heavy atom.